The molecule has 1 aliphatic rings. The number of hydrogen-bond donors (Lipinski definition) is 3. The van der Waals surface area contributed by atoms with Crippen molar-refractivity contribution in [1.29, 1.82) is 0 Å². The van der Waals surface area contributed by atoms with Crippen LogP contribution in [-0.4, -0.2) is 52.6 Å². The first-order valence-corrected chi connectivity index (χ1v) is 9.84. The second-order valence-electron chi connectivity index (χ2n) is 7.30. The zero-order valence-corrected chi connectivity index (χ0v) is 16.7. The fraction of sp³-hybridized carbons (Fsp3) is 0.737. The second-order valence-corrected chi connectivity index (χ2v) is 7.30. The first-order valence-electron chi connectivity index (χ1n) is 9.84. The SMILES string of the molecule is CCNC(=NCC(C)(O)c1cnn(C)c1)NCCCC(=O)OC1CCCC1. The molecule has 1 unspecified atom stereocenters. The fourth-order valence-electron chi connectivity index (χ4n) is 3.06. The summed E-state index contributed by atoms with van der Waals surface area (Å²) in [6, 6.07) is 0. The van der Waals surface area contributed by atoms with Crippen molar-refractivity contribution in [2.45, 2.75) is 64.1 Å². The summed E-state index contributed by atoms with van der Waals surface area (Å²) in [5.74, 6) is 0.496. The standard InChI is InChI=1S/C19H33N5O3/c1-4-20-18(22-14-19(2,26)15-12-23-24(3)13-15)21-11-7-10-17(25)27-16-8-5-6-9-16/h12-13,16,26H,4-11,14H2,1-3H3,(H2,20,21,22). The highest BCUT2D eigenvalue weighted by molar-refractivity contribution is 5.79. The van der Waals surface area contributed by atoms with Crippen molar-refractivity contribution < 1.29 is 14.6 Å². The van der Waals surface area contributed by atoms with E-state index >= 15 is 0 Å². The third-order valence-corrected chi connectivity index (χ3v) is 4.67. The van der Waals surface area contributed by atoms with E-state index in [4.69, 9.17) is 4.74 Å². The maximum absolute atomic E-state index is 11.8. The molecule has 1 heterocycles. The highest BCUT2D eigenvalue weighted by Gasteiger charge is 2.24. The molecular weight excluding hydrogens is 346 g/mol. The molecule has 0 radical (unpaired) electrons. The van der Waals surface area contributed by atoms with Gasteiger partial charge in [0, 0.05) is 38.3 Å². The molecular formula is C19H33N5O3. The number of hydrogen-bond acceptors (Lipinski definition) is 5. The smallest absolute Gasteiger partial charge is 0.306 e. The minimum absolute atomic E-state index is 0.120. The van der Waals surface area contributed by atoms with Crippen LogP contribution in [0, 0.1) is 0 Å². The molecule has 27 heavy (non-hydrogen) atoms. The van der Waals surface area contributed by atoms with E-state index in [1.807, 2.05) is 14.0 Å². The van der Waals surface area contributed by atoms with Crippen LogP contribution in [0.5, 0.6) is 0 Å². The fourth-order valence-corrected chi connectivity index (χ4v) is 3.06. The van der Waals surface area contributed by atoms with E-state index in [1.54, 1.807) is 24.0 Å². The van der Waals surface area contributed by atoms with Crippen molar-refractivity contribution in [3.63, 3.8) is 0 Å². The van der Waals surface area contributed by atoms with Crippen LogP contribution in [0.1, 0.15) is 57.9 Å². The zero-order chi connectivity index (χ0) is 19.7. The third-order valence-electron chi connectivity index (χ3n) is 4.67. The van der Waals surface area contributed by atoms with Crippen molar-refractivity contribution in [2.75, 3.05) is 19.6 Å². The largest absolute Gasteiger partial charge is 0.462 e. The maximum Gasteiger partial charge on any atom is 0.306 e. The van der Waals surface area contributed by atoms with Crippen LogP contribution in [0.2, 0.25) is 0 Å². The summed E-state index contributed by atoms with van der Waals surface area (Å²) in [6.45, 7) is 5.23. The van der Waals surface area contributed by atoms with Crippen LogP contribution in [0.25, 0.3) is 0 Å². The Kier molecular flexibility index (Phi) is 8.09. The molecule has 3 N–H and O–H groups in total. The topological polar surface area (TPSA) is 101 Å². The lowest BCUT2D eigenvalue weighted by Gasteiger charge is -2.20. The van der Waals surface area contributed by atoms with Crippen LogP contribution in [0.15, 0.2) is 17.4 Å². The van der Waals surface area contributed by atoms with E-state index in [9.17, 15) is 9.90 Å². The van der Waals surface area contributed by atoms with Gasteiger partial charge in [0.25, 0.3) is 0 Å². The number of nitrogens with one attached hydrogen (secondary N) is 2. The molecule has 1 saturated carbocycles. The molecule has 0 amide bonds. The van der Waals surface area contributed by atoms with Crippen LogP contribution in [0.4, 0.5) is 0 Å². The van der Waals surface area contributed by atoms with Crippen molar-refractivity contribution in [3.8, 4) is 0 Å². The zero-order valence-electron chi connectivity index (χ0n) is 16.7. The van der Waals surface area contributed by atoms with E-state index in [-0.39, 0.29) is 18.6 Å². The number of rotatable bonds is 9. The van der Waals surface area contributed by atoms with Gasteiger partial charge in [0.2, 0.25) is 0 Å². The number of carbonyl (C=O) groups is 1. The van der Waals surface area contributed by atoms with Gasteiger partial charge in [-0.15, -0.1) is 0 Å². The van der Waals surface area contributed by atoms with Crippen LogP contribution in [-0.2, 0) is 22.2 Å². The second kappa shape index (κ2) is 10.3. The van der Waals surface area contributed by atoms with E-state index in [0.717, 1.165) is 31.2 Å². The molecule has 1 fully saturated rings. The normalized spacial score (nSPS) is 17.6. The van der Waals surface area contributed by atoms with Gasteiger partial charge in [-0.25, -0.2) is 4.99 Å². The number of nitrogens with zero attached hydrogens (tertiary/aromatic N) is 3. The Morgan fingerprint density at radius 3 is 2.81 bits per heavy atom. The van der Waals surface area contributed by atoms with Gasteiger partial charge in [0.1, 0.15) is 11.7 Å². The maximum atomic E-state index is 11.8. The minimum atomic E-state index is -1.10. The van der Waals surface area contributed by atoms with Crippen molar-refractivity contribution in [1.82, 2.24) is 20.4 Å². The molecule has 0 spiro atoms. The lowest BCUT2D eigenvalue weighted by Crippen LogP contribution is -2.39. The van der Waals surface area contributed by atoms with Gasteiger partial charge in [0.15, 0.2) is 5.96 Å². The molecule has 1 aliphatic carbocycles. The molecule has 1 aromatic heterocycles. The van der Waals surface area contributed by atoms with E-state index in [2.05, 4.69) is 20.7 Å². The van der Waals surface area contributed by atoms with Gasteiger partial charge in [-0.3, -0.25) is 9.48 Å². The molecule has 0 aromatic carbocycles. The quantitative estimate of drug-likeness (QED) is 0.260. The number of aryl methyl sites for hydroxylation is 1. The molecule has 152 valence electrons. The summed E-state index contributed by atoms with van der Waals surface area (Å²) in [5, 5.41) is 21.1. The predicted molar refractivity (Wildman–Crippen MR) is 104 cm³/mol. The van der Waals surface area contributed by atoms with Crippen LogP contribution >= 0.6 is 0 Å². The number of guanidine groups is 1. The first kappa shape index (κ1) is 21.2. The molecule has 0 aliphatic heterocycles. The molecule has 1 aromatic rings. The molecule has 2 rings (SSSR count). The molecule has 8 nitrogen and oxygen atoms in total. The van der Waals surface area contributed by atoms with Gasteiger partial charge in [-0.1, -0.05) is 0 Å². The Morgan fingerprint density at radius 1 is 1.44 bits per heavy atom. The van der Waals surface area contributed by atoms with Gasteiger partial charge in [-0.2, -0.15) is 5.10 Å². The van der Waals surface area contributed by atoms with Crippen LogP contribution in [0.3, 0.4) is 0 Å². The van der Waals surface area contributed by atoms with E-state index < -0.39 is 5.60 Å². The van der Waals surface area contributed by atoms with Crippen LogP contribution < -0.4 is 10.6 Å². The van der Waals surface area contributed by atoms with Crippen molar-refractivity contribution in [3.05, 3.63) is 18.0 Å². The highest BCUT2D eigenvalue weighted by Crippen LogP contribution is 2.21. The van der Waals surface area contributed by atoms with Gasteiger partial charge in [0.05, 0.1) is 12.7 Å². The van der Waals surface area contributed by atoms with E-state index in [1.165, 1.54) is 0 Å². The number of aliphatic hydroxyl groups is 1. The monoisotopic (exact) mass is 379 g/mol. The van der Waals surface area contributed by atoms with E-state index in [0.29, 0.717) is 31.9 Å². The molecule has 0 bridgehead atoms. The number of aliphatic imine (C=N–C) groups is 1. The number of aromatic nitrogens is 2. The highest BCUT2D eigenvalue weighted by atomic mass is 16.5. The molecule has 1 atom stereocenters. The number of ether oxygens (including phenoxy) is 1. The number of carbonyl (C=O) groups excluding carboxylic acids is 1. The summed E-state index contributed by atoms with van der Waals surface area (Å²) < 4.78 is 7.11. The van der Waals surface area contributed by atoms with Crippen molar-refractivity contribution in [2.24, 2.45) is 12.0 Å². The van der Waals surface area contributed by atoms with Gasteiger partial charge < -0.3 is 20.5 Å². The van der Waals surface area contributed by atoms with Gasteiger partial charge in [-0.05, 0) is 46.0 Å². The summed E-state index contributed by atoms with van der Waals surface area (Å²) in [5.41, 5.74) is -0.374. The summed E-state index contributed by atoms with van der Waals surface area (Å²) in [6.07, 6.45) is 8.94. The molecule has 8 heteroatoms. The Hall–Kier alpha value is -2.09. The summed E-state index contributed by atoms with van der Waals surface area (Å²) in [4.78, 5) is 16.3. The van der Waals surface area contributed by atoms with Crippen molar-refractivity contribution >= 4 is 11.9 Å². The Bertz CT molecular complexity index is 621. The predicted octanol–water partition coefficient (Wildman–Crippen LogP) is 1.45. The lowest BCUT2D eigenvalue weighted by molar-refractivity contribution is -0.148. The first-order chi connectivity index (χ1) is 12.9. The summed E-state index contributed by atoms with van der Waals surface area (Å²) >= 11 is 0. The van der Waals surface area contributed by atoms with Gasteiger partial charge >= 0.3 is 5.97 Å². The summed E-state index contributed by atoms with van der Waals surface area (Å²) in [7, 11) is 1.81. The average Bonchev–Trinajstić information content (AvgIpc) is 3.28. The average molecular weight is 380 g/mol. The molecule has 0 saturated heterocycles. The third kappa shape index (κ3) is 7.21. The minimum Gasteiger partial charge on any atom is -0.462 e. The number of esters is 1. The Morgan fingerprint density at radius 2 is 2.19 bits per heavy atom. The Balaban J connectivity index is 1.75. The lowest BCUT2D eigenvalue weighted by atomic mass is 10.0. The Labute approximate surface area is 161 Å².